The summed E-state index contributed by atoms with van der Waals surface area (Å²) in [6, 6.07) is 11.6. The van der Waals surface area contributed by atoms with Gasteiger partial charge in [0.25, 0.3) is 0 Å². The van der Waals surface area contributed by atoms with Gasteiger partial charge in [-0.15, -0.1) is 0 Å². The van der Waals surface area contributed by atoms with Gasteiger partial charge < -0.3 is 9.64 Å². The van der Waals surface area contributed by atoms with E-state index >= 15 is 4.39 Å². The Labute approximate surface area is 149 Å². The maximum Gasteiger partial charge on any atom is 0.410 e. The molecule has 0 N–H and O–H groups in total. The van der Waals surface area contributed by atoms with E-state index in [0.717, 1.165) is 21.7 Å². The number of amides is 1. The second kappa shape index (κ2) is 6.03. The average molecular weight is 394 g/mol. The van der Waals surface area contributed by atoms with Crippen molar-refractivity contribution in [1.82, 2.24) is 4.90 Å². The summed E-state index contributed by atoms with van der Waals surface area (Å²) in [4.78, 5) is 13.5. The van der Waals surface area contributed by atoms with Crippen molar-refractivity contribution in [1.29, 1.82) is 0 Å². The van der Waals surface area contributed by atoms with Crippen molar-refractivity contribution in [3.05, 3.63) is 47.5 Å². The summed E-state index contributed by atoms with van der Waals surface area (Å²) < 4.78 is 20.7. The highest BCUT2D eigenvalue weighted by Gasteiger charge is 2.49. The number of nitrogens with zero attached hydrogens (tertiary/aromatic N) is 1. The molecule has 1 amide bonds. The van der Waals surface area contributed by atoms with E-state index in [1.54, 1.807) is 20.8 Å². The molecular formula is C19H21BrFNO2. The Balaban J connectivity index is 1.86. The molecule has 0 radical (unpaired) electrons. The molecule has 0 spiro atoms. The normalized spacial score (nSPS) is 16.8. The van der Waals surface area contributed by atoms with Gasteiger partial charge in [0.1, 0.15) is 5.60 Å². The fraction of sp³-hybridized carbons (Fsp3) is 0.421. The van der Waals surface area contributed by atoms with E-state index in [9.17, 15) is 4.79 Å². The summed E-state index contributed by atoms with van der Waals surface area (Å²) in [7, 11) is 0. The number of carbonyl (C=O) groups is 1. The number of likely N-dealkylation sites (tertiary alicyclic amines) is 1. The van der Waals surface area contributed by atoms with Crippen LogP contribution < -0.4 is 0 Å². The molecular weight excluding hydrogens is 373 g/mol. The standard InChI is InChI=1S/C19H21BrFNO2/c1-18(2,3)24-17(23)22-11-19(21,12-22)16-9-8-13(10-20)14-6-4-5-7-15(14)16/h4-9H,10-12H2,1-3H3. The van der Waals surface area contributed by atoms with Gasteiger partial charge in [-0.2, -0.15) is 0 Å². The van der Waals surface area contributed by atoms with Gasteiger partial charge in [-0.05, 0) is 37.1 Å². The van der Waals surface area contributed by atoms with Gasteiger partial charge in [-0.3, -0.25) is 0 Å². The highest BCUT2D eigenvalue weighted by molar-refractivity contribution is 9.08. The summed E-state index contributed by atoms with van der Waals surface area (Å²) in [6.07, 6.45) is -0.461. The molecule has 1 fully saturated rings. The van der Waals surface area contributed by atoms with E-state index in [1.165, 1.54) is 4.90 Å². The fourth-order valence-corrected chi connectivity index (χ4v) is 3.54. The number of hydrogen-bond donors (Lipinski definition) is 0. The molecule has 1 aliphatic rings. The summed E-state index contributed by atoms with van der Waals surface area (Å²) in [5, 5.41) is 2.66. The first-order valence-electron chi connectivity index (χ1n) is 7.97. The van der Waals surface area contributed by atoms with Crippen LogP contribution in [-0.4, -0.2) is 29.7 Å². The molecule has 0 saturated carbocycles. The van der Waals surface area contributed by atoms with Crippen LogP contribution in [0.25, 0.3) is 10.8 Å². The maximum absolute atomic E-state index is 15.4. The number of ether oxygens (including phenoxy) is 1. The van der Waals surface area contributed by atoms with Gasteiger partial charge in [-0.1, -0.05) is 52.3 Å². The lowest BCUT2D eigenvalue weighted by molar-refractivity contribution is -0.0531. The van der Waals surface area contributed by atoms with Gasteiger partial charge in [0.2, 0.25) is 0 Å². The van der Waals surface area contributed by atoms with E-state index < -0.39 is 17.4 Å². The third-order valence-corrected chi connectivity index (χ3v) is 4.78. The molecule has 1 heterocycles. The lowest BCUT2D eigenvalue weighted by Gasteiger charge is -2.45. The quantitative estimate of drug-likeness (QED) is 0.660. The molecule has 3 nitrogen and oxygen atoms in total. The van der Waals surface area contributed by atoms with Crippen LogP contribution in [0.2, 0.25) is 0 Å². The monoisotopic (exact) mass is 393 g/mol. The second-order valence-corrected chi connectivity index (χ2v) is 7.81. The van der Waals surface area contributed by atoms with Crippen molar-refractivity contribution in [2.24, 2.45) is 0 Å². The number of carbonyl (C=O) groups excluding carboxylic acids is 1. The van der Waals surface area contributed by atoms with Crippen molar-refractivity contribution in [2.75, 3.05) is 13.1 Å². The van der Waals surface area contributed by atoms with Crippen LogP contribution in [-0.2, 0) is 15.7 Å². The highest BCUT2D eigenvalue weighted by atomic mass is 79.9. The molecule has 128 valence electrons. The van der Waals surface area contributed by atoms with Gasteiger partial charge in [0.05, 0.1) is 13.1 Å². The molecule has 3 rings (SSSR count). The maximum atomic E-state index is 15.4. The summed E-state index contributed by atoms with van der Waals surface area (Å²) in [5.74, 6) is 0. The third kappa shape index (κ3) is 3.14. The molecule has 5 heteroatoms. The molecule has 24 heavy (non-hydrogen) atoms. The first-order chi connectivity index (χ1) is 11.2. The summed E-state index contributed by atoms with van der Waals surface area (Å²) in [5.41, 5.74) is -0.333. The van der Waals surface area contributed by atoms with Gasteiger partial charge in [0.15, 0.2) is 5.67 Å². The topological polar surface area (TPSA) is 29.5 Å². The Morgan fingerprint density at radius 3 is 2.42 bits per heavy atom. The molecule has 0 unspecified atom stereocenters. The van der Waals surface area contributed by atoms with Gasteiger partial charge >= 0.3 is 6.09 Å². The van der Waals surface area contributed by atoms with E-state index in [1.807, 2.05) is 36.4 Å². The van der Waals surface area contributed by atoms with E-state index in [2.05, 4.69) is 15.9 Å². The molecule has 0 atom stereocenters. The fourth-order valence-electron chi connectivity index (χ4n) is 3.05. The zero-order valence-corrected chi connectivity index (χ0v) is 15.7. The average Bonchev–Trinajstić information content (AvgIpc) is 2.49. The Hall–Kier alpha value is -1.62. The first kappa shape index (κ1) is 17.2. The molecule has 0 bridgehead atoms. The minimum atomic E-state index is -1.53. The molecule has 0 aromatic heterocycles. The molecule has 2 aromatic carbocycles. The number of hydrogen-bond acceptors (Lipinski definition) is 2. The first-order valence-corrected chi connectivity index (χ1v) is 9.09. The Morgan fingerprint density at radius 2 is 1.83 bits per heavy atom. The van der Waals surface area contributed by atoms with Crippen LogP contribution in [0.1, 0.15) is 31.9 Å². The highest BCUT2D eigenvalue weighted by Crippen LogP contribution is 2.41. The predicted molar refractivity (Wildman–Crippen MR) is 97.2 cm³/mol. The van der Waals surface area contributed by atoms with Crippen molar-refractivity contribution < 1.29 is 13.9 Å². The minimum Gasteiger partial charge on any atom is -0.444 e. The van der Waals surface area contributed by atoms with E-state index in [4.69, 9.17) is 4.74 Å². The Morgan fingerprint density at radius 1 is 1.21 bits per heavy atom. The van der Waals surface area contributed by atoms with Crippen LogP contribution in [0, 0.1) is 0 Å². The lowest BCUT2D eigenvalue weighted by atomic mass is 9.84. The largest absolute Gasteiger partial charge is 0.444 e. The number of fused-ring (bicyclic) bond motifs is 1. The number of benzene rings is 2. The number of rotatable bonds is 2. The van der Waals surface area contributed by atoms with Crippen molar-refractivity contribution in [2.45, 2.75) is 37.4 Å². The smallest absolute Gasteiger partial charge is 0.410 e. The summed E-state index contributed by atoms with van der Waals surface area (Å²) >= 11 is 3.48. The Kier molecular flexibility index (Phi) is 4.32. The molecule has 1 saturated heterocycles. The predicted octanol–water partition coefficient (Wildman–Crippen LogP) is 5.15. The Bertz CT molecular complexity index is 779. The van der Waals surface area contributed by atoms with Crippen LogP contribution >= 0.6 is 15.9 Å². The SMILES string of the molecule is CC(C)(C)OC(=O)N1CC(F)(c2ccc(CBr)c3ccccc23)C1. The second-order valence-electron chi connectivity index (χ2n) is 7.25. The van der Waals surface area contributed by atoms with Crippen LogP contribution in [0.4, 0.5) is 9.18 Å². The lowest BCUT2D eigenvalue weighted by Crippen LogP contribution is -2.59. The third-order valence-electron chi connectivity index (χ3n) is 4.18. The minimum absolute atomic E-state index is 0.0273. The zero-order valence-electron chi connectivity index (χ0n) is 14.1. The van der Waals surface area contributed by atoms with E-state index in [0.29, 0.717) is 5.56 Å². The molecule has 2 aromatic rings. The van der Waals surface area contributed by atoms with Gasteiger partial charge in [-0.25, -0.2) is 9.18 Å². The zero-order chi connectivity index (χ0) is 17.5. The van der Waals surface area contributed by atoms with E-state index in [-0.39, 0.29) is 13.1 Å². The molecule has 0 aliphatic carbocycles. The van der Waals surface area contributed by atoms with Crippen LogP contribution in [0.3, 0.4) is 0 Å². The van der Waals surface area contributed by atoms with Crippen molar-refractivity contribution in [3.63, 3.8) is 0 Å². The van der Waals surface area contributed by atoms with Crippen molar-refractivity contribution in [3.8, 4) is 0 Å². The van der Waals surface area contributed by atoms with Crippen LogP contribution in [0.15, 0.2) is 36.4 Å². The van der Waals surface area contributed by atoms with Crippen LogP contribution in [0.5, 0.6) is 0 Å². The molecule has 1 aliphatic heterocycles. The number of halogens is 2. The number of alkyl halides is 2. The van der Waals surface area contributed by atoms with Gasteiger partial charge in [0, 0.05) is 10.9 Å². The summed E-state index contributed by atoms with van der Waals surface area (Å²) in [6.45, 7) is 5.47. The van der Waals surface area contributed by atoms with Crippen molar-refractivity contribution >= 4 is 32.8 Å².